The van der Waals surface area contributed by atoms with Gasteiger partial charge in [-0.3, -0.25) is 4.79 Å². The number of hydrogen-bond acceptors (Lipinski definition) is 4. The monoisotopic (exact) mass is 280 g/mol. The summed E-state index contributed by atoms with van der Waals surface area (Å²) in [6.45, 7) is 2.57. The predicted molar refractivity (Wildman–Crippen MR) is 78.1 cm³/mol. The van der Waals surface area contributed by atoms with Crippen molar-refractivity contribution in [3.8, 4) is 0 Å². The van der Waals surface area contributed by atoms with E-state index in [-0.39, 0.29) is 18.6 Å². The average Bonchev–Trinajstić information content (AvgIpc) is 2.49. The number of thioether (sulfide) groups is 1. The number of carbonyl (C=O) groups is 1. The first-order valence-corrected chi connectivity index (χ1v) is 7.61. The molecule has 1 aliphatic heterocycles. The molecule has 1 heterocycles. The van der Waals surface area contributed by atoms with Crippen LogP contribution in [0.3, 0.4) is 0 Å². The number of nitrogens with one attached hydrogen (secondary N) is 2. The highest BCUT2D eigenvalue weighted by molar-refractivity contribution is 7.99. The van der Waals surface area contributed by atoms with Crippen molar-refractivity contribution in [3.05, 3.63) is 35.9 Å². The molecule has 0 radical (unpaired) electrons. The summed E-state index contributed by atoms with van der Waals surface area (Å²) in [4.78, 5) is 12.2. The normalized spacial score (nSPS) is 22.5. The third-order valence-electron chi connectivity index (χ3n) is 3.36. The summed E-state index contributed by atoms with van der Waals surface area (Å²) in [5.41, 5.74) is 0.177. The molecule has 2 unspecified atom stereocenters. The Morgan fingerprint density at radius 3 is 2.84 bits per heavy atom. The molecule has 0 bridgehead atoms. The van der Waals surface area contributed by atoms with Crippen molar-refractivity contribution in [3.63, 3.8) is 0 Å². The lowest BCUT2D eigenvalue weighted by molar-refractivity contribution is -0.125. The van der Waals surface area contributed by atoms with E-state index in [0.29, 0.717) is 0 Å². The zero-order valence-electron chi connectivity index (χ0n) is 11.1. The zero-order valence-corrected chi connectivity index (χ0v) is 11.9. The van der Waals surface area contributed by atoms with Crippen LogP contribution >= 0.6 is 11.8 Å². The molecule has 3 N–H and O–H groups in total. The molecule has 0 aromatic heterocycles. The van der Waals surface area contributed by atoms with Gasteiger partial charge in [-0.1, -0.05) is 30.3 Å². The van der Waals surface area contributed by atoms with Crippen molar-refractivity contribution in [2.24, 2.45) is 0 Å². The van der Waals surface area contributed by atoms with Crippen LogP contribution in [0.15, 0.2) is 30.3 Å². The van der Waals surface area contributed by atoms with E-state index >= 15 is 0 Å². The van der Waals surface area contributed by atoms with Gasteiger partial charge in [-0.05, 0) is 12.5 Å². The van der Waals surface area contributed by atoms with E-state index in [1.165, 1.54) is 0 Å². The van der Waals surface area contributed by atoms with Gasteiger partial charge >= 0.3 is 0 Å². The smallest absolute Gasteiger partial charge is 0.238 e. The summed E-state index contributed by atoms with van der Waals surface area (Å²) in [5, 5.41) is 15.8. The average molecular weight is 280 g/mol. The van der Waals surface area contributed by atoms with Gasteiger partial charge in [0.2, 0.25) is 5.91 Å². The molecule has 1 saturated heterocycles. The van der Waals surface area contributed by atoms with Crippen LogP contribution in [0.25, 0.3) is 0 Å². The van der Waals surface area contributed by atoms with Crippen molar-refractivity contribution in [2.45, 2.75) is 18.5 Å². The molecule has 1 aromatic carbocycles. The van der Waals surface area contributed by atoms with E-state index in [9.17, 15) is 9.90 Å². The van der Waals surface area contributed by atoms with Gasteiger partial charge in [0.05, 0.1) is 18.2 Å². The Labute approximate surface area is 118 Å². The maximum absolute atomic E-state index is 12.2. The fourth-order valence-electron chi connectivity index (χ4n) is 2.10. The van der Waals surface area contributed by atoms with E-state index in [2.05, 4.69) is 10.6 Å². The zero-order chi connectivity index (χ0) is 13.7. The highest BCUT2D eigenvalue weighted by atomic mass is 32.2. The fourth-order valence-corrected chi connectivity index (χ4v) is 3.04. The van der Waals surface area contributed by atoms with Crippen LogP contribution in [-0.4, -0.2) is 41.7 Å². The predicted octanol–water partition coefficient (Wildman–Crippen LogP) is 0.715. The van der Waals surface area contributed by atoms with Crippen LogP contribution in [0, 0.1) is 0 Å². The van der Waals surface area contributed by atoms with E-state index in [1.54, 1.807) is 11.8 Å². The Bertz CT molecular complexity index is 421. The second-order valence-corrected chi connectivity index (χ2v) is 6.08. The van der Waals surface area contributed by atoms with Crippen molar-refractivity contribution in [1.82, 2.24) is 10.6 Å². The topological polar surface area (TPSA) is 61.4 Å². The Kier molecular flexibility index (Phi) is 4.85. The van der Waals surface area contributed by atoms with Crippen molar-refractivity contribution in [2.75, 3.05) is 24.7 Å². The third kappa shape index (κ3) is 3.49. The minimum Gasteiger partial charge on any atom is -0.394 e. The van der Waals surface area contributed by atoms with Crippen LogP contribution in [0.4, 0.5) is 0 Å². The lowest BCUT2D eigenvalue weighted by Gasteiger charge is -2.32. The second-order valence-electron chi connectivity index (χ2n) is 4.93. The molecule has 0 spiro atoms. The van der Waals surface area contributed by atoms with E-state index in [0.717, 1.165) is 23.6 Å². The Morgan fingerprint density at radius 1 is 1.53 bits per heavy atom. The number of aliphatic hydroxyl groups is 1. The molecule has 104 valence electrons. The van der Waals surface area contributed by atoms with E-state index < -0.39 is 5.54 Å². The maximum atomic E-state index is 12.2. The minimum atomic E-state index is -0.734. The summed E-state index contributed by atoms with van der Waals surface area (Å²) < 4.78 is 0. The number of amides is 1. The number of rotatable bonds is 4. The molecule has 0 aliphatic carbocycles. The standard InChI is InChI=1S/C14H20N2O2S/c1-14(10-17,11-5-3-2-4-6-11)16-13(18)12-9-19-8-7-15-12/h2-6,12,15,17H,7-10H2,1H3,(H,16,18). The number of hydrogen-bond donors (Lipinski definition) is 3. The Morgan fingerprint density at radius 2 is 2.26 bits per heavy atom. The molecule has 1 aliphatic rings. The number of aliphatic hydroxyl groups excluding tert-OH is 1. The van der Waals surface area contributed by atoms with Crippen LogP contribution in [0.1, 0.15) is 12.5 Å². The minimum absolute atomic E-state index is 0.0485. The maximum Gasteiger partial charge on any atom is 0.238 e. The molecule has 5 heteroatoms. The van der Waals surface area contributed by atoms with E-state index in [1.807, 2.05) is 37.3 Å². The molecular formula is C14H20N2O2S. The largest absolute Gasteiger partial charge is 0.394 e. The van der Waals surface area contributed by atoms with Crippen LogP contribution in [-0.2, 0) is 10.3 Å². The SMILES string of the molecule is CC(CO)(NC(=O)C1CSCCN1)c1ccccc1. The van der Waals surface area contributed by atoms with Gasteiger partial charge in [-0.15, -0.1) is 0 Å². The van der Waals surface area contributed by atoms with Gasteiger partial charge < -0.3 is 15.7 Å². The van der Waals surface area contributed by atoms with Gasteiger partial charge in [0, 0.05) is 18.1 Å². The molecule has 0 saturated carbocycles. The third-order valence-corrected chi connectivity index (χ3v) is 4.43. The van der Waals surface area contributed by atoms with Gasteiger partial charge in [0.1, 0.15) is 0 Å². The van der Waals surface area contributed by atoms with Gasteiger partial charge in [-0.25, -0.2) is 0 Å². The van der Waals surface area contributed by atoms with Crippen molar-refractivity contribution < 1.29 is 9.90 Å². The lowest BCUT2D eigenvalue weighted by Crippen LogP contribution is -2.55. The van der Waals surface area contributed by atoms with Crippen LogP contribution in [0.5, 0.6) is 0 Å². The highest BCUT2D eigenvalue weighted by Crippen LogP contribution is 2.20. The molecule has 1 amide bonds. The first-order valence-electron chi connectivity index (χ1n) is 6.45. The molecule has 2 atom stereocenters. The molecule has 2 rings (SSSR count). The van der Waals surface area contributed by atoms with Crippen LogP contribution < -0.4 is 10.6 Å². The molecular weight excluding hydrogens is 260 g/mol. The highest BCUT2D eigenvalue weighted by Gasteiger charge is 2.31. The van der Waals surface area contributed by atoms with Gasteiger partial charge in [0.25, 0.3) is 0 Å². The summed E-state index contributed by atoms with van der Waals surface area (Å²) in [7, 11) is 0. The first kappa shape index (κ1) is 14.4. The lowest BCUT2D eigenvalue weighted by atomic mass is 9.92. The van der Waals surface area contributed by atoms with Gasteiger partial charge in [0.15, 0.2) is 0 Å². The Hall–Kier alpha value is -1.04. The summed E-state index contributed by atoms with van der Waals surface area (Å²) in [5.74, 6) is 1.77. The van der Waals surface area contributed by atoms with Crippen LogP contribution in [0.2, 0.25) is 0 Å². The fraction of sp³-hybridized carbons (Fsp3) is 0.500. The Balaban J connectivity index is 2.07. The number of carbonyl (C=O) groups excluding carboxylic acids is 1. The van der Waals surface area contributed by atoms with Gasteiger partial charge in [-0.2, -0.15) is 11.8 Å². The number of benzene rings is 1. The molecule has 19 heavy (non-hydrogen) atoms. The summed E-state index contributed by atoms with van der Waals surface area (Å²) in [6.07, 6.45) is 0. The molecule has 1 fully saturated rings. The summed E-state index contributed by atoms with van der Waals surface area (Å²) in [6, 6.07) is 9.39. The quantitative estimate of drug-likeness (QED) is 0.760. The summed E-state index contributed by atoms with van der Waals surface area (Å²) >= 11 is 1.77. The van der Waals surface area contributed by atoms with E-state index in [4.69, 9.17) is 0 Å². The second kappa shape index (κ2) is 6.41. The molecule has 4 nitrogen and oxygen atoms in total. The van der Waals surface area contributed by atoms with Crippen molar-refractivity contribution in [1.29, 1.82) is 0 Å². The first-order chi connectivity index (χ1) is 9.15. The molecule has 1 aromatic rings. The van der Waals surface area contributed by atoms with Crippen molar-refractivity contribution >= 4 is 17.7 Å².